The van der Waals surface area contributed by atoms with Crippen LogP contribution in [0.1, 0.15) is 89.4 Å². The molecular formula is C63H63IrN3OSi-2. The van der Waals surface area contributed by atoms with Crippen LogP contribution in [0.5, 0.6) is 0 Å². The Morgan fingerprint density at radius 3 is 2.01 bits per heavy atom. The fourth-order valence-electron chi connectivity index (χ4n) is 8.93. The first-order valence-corrected chi connectivity index (χ1v) is 27.2. The third kappa shape index (κ3) is 10.6. The van der Waals surface area contributed by atoms with Gasteiger partial charge in [-0.05, 0) is 98.6 Å². The molecule has 69 heavy (non-hydrogen) atoms. The minimum Gasteiger partial charge on any atom is -0.501 e. The number of benzene rings is 7. The van der Waals surface area contributed by atoms with Crippen LogP contribution in [0.2, 0.25) is 19.6 Å². The minimum absolute atomic E-state index is 0. The number of fused-ring (bicyclic) bond motifs is 4. The van der Waals surface area contributed by atoms with E-state index in [9.17, 15) is 0 Å². The molecule has 0 saturated carbocycles. The Morgan fingerprint density at radius 2 is 1.39 bits per heavy atom. The van der Waals surface area contributed by atoms with E-state index < -0.39 is 26.7 Å². The molecule has 0 saturated heterocycles. The SMILES string of the molecule is CC(C)c1cc(-c2ccc([Si](C)(C)C)cc2)cc(C(C)C)c1-n1c(-c2[c-]ccc3c2oc2cc(-c4ccccc4)ccc23)nc2ccccc21.[2H]C([2H])([2H])c1c[c-]c(-c2ccc(C([2H])([2H])C(C)(C)C)cn2)cc1.[Ir]. The van der Waals surface area contributed by atoms with Gasteiger partial charge < -0.3 is 14.0 Å². The summed E-state index contributed by atoms with van der Waals surface area (Å²) in [6.07, 6.45) is 0.0411. The number of imidazole rings is 1. The van der Waals surface area contributed by atoms with Crippen molar-refractivity contribution < 1.29 is 31.4 Å². The van der Waals surface area contributed by atoms with Gasteiger partial charge in [0.25, 0.3) is 0 Å². The van der Waals surface area contributed by atoms with Gasteiger partial charge in [0.05, 0.1) is 30.5 Å². The molecule has 3 aromatic heterocycles. The average Bonchev–Trinajstić information content (AvgIpc) is 3.94. The van der Waals surface area contributed by atoms with Gasteiger partial charge in [-0.25, -0.2) is 0 Å². The second-order valence-corrected chi connectivity index (χ2v) is 25.5. The number of para-hydroxylation sites is 2. The van der Waals surface area contributed by atoms with Crippen LogP contribution in [-0.2, 0) is 26.5 Å². The van der Waals surface area contributed by atoms with Gasteiger partial charge in [-0.3, -0.25) is 4.98 Å². The zero-order valence-electron chi connectivity index (χ0n) is 46.2. The number of aromatic nitrogens is 3. The number of rotatable bonds is 9. The van der Waals surface area contributed by atoms with Crippen LogP contribution >= 0.6 is 0 Å². The Labute approximate surface area is 431 Å². The molecule has 0 fully saturated rings. The van der Waals surface area contributed by atoms with Crippen LogP contribution in [0.4, 0.5) is 0 Å². The predicted octanol–water partition coefficient (Wildman–Crippen LogP) is 17.0. The monoisotopic (exact) mass is 1100 g/mol. The maximum Gasteiger partial charge on any atom is 0.121 e. The first-order valence-electron chi connectivity index (χ1n) is 26.2. The van der Waals surface area contributed by atoms with Crippen molar-refractivity contribution in [2.45, 2.75) is 93.2 Å². The van der Waals surface area contributed by atoms with Gasteiger partial charge in [-0.2, -0.15) is 0 Å². The van der Waals surface area contributed by atoms with Gasteiger partial charge in [0.2, 0.25) is 0 Å². The zero-order valence-corrected chi connectivity index (χ0v) is 44.6. The number of nitrogens with zero attached hydrogens (tertiary/aromatic N) is 3. The van der Waals surface area contributed by atoms with Crippen LogP contribution in [0.15, 0.2) is 162 Å². The summed E-state index contributed by atoms with van der Waals surface area (Å²) in [6, 6.07) is 58.4. The normalized spacial score (nSPS) is 13.4. The Bertz CT molecular complexity index is 3560. The van der Waals surface area contributed by atoms with E-state index >= 15 is 0 Å². The number of hydrogen-bond donors (Lipinski definition) is 0. The van der Waals surface area contributed by atoms with Gasteiger partial charge in [0.1, 0.15) is 5.58 Å². The molecule has 0 spiro atoms. The molecule has 10 rings (SSSR count). The smallest absolute Gasteiger partial charge is 0.121 e. The minimum atomic E-state index is -2.14. The third-order valence-corrected chi connectivity index (χ3v) is 14.5. The number of furan rings is 1. The van der Waals surface area contributed by atoms with E-state index in [1.54, 1.807) is 24.3 Å². The Kier molecular flexibility index (Phi) is 12.5. The number of pyridine rings is 1. The second kappa shape index (κ2) is 20.0. The summed E-state index contributed by atoms with van der Waals surface area (Å²) < 4.78 is 47.7. The summed E-state index contributed by atoms with van der Waals surface area (Å²) in [4.78, 5) is 9.64. The summed E-state index contributed by atoms with van der Waals surface area (Å²) in [5.41, 5.74) is 14.7. The van der Waals surface area contributed by atoms with E-state index in [1.165, 1.54) is 51.0 Å². The summed E-state index contributed by atoms with van der Waals surface area (Å²) >= 11 is 0. The quantitative estimate of drug-likeness (QED) is 0.107. The van der Waals surface area contributed by atoms with Crippen molar-refractivity contribution in [1.82, 2.24) is 14.5 Å². The van der Waals surface area contributed by atoms with Crippen molar-refractivity contribution in [2.75, 3.05) is 0 Å². The summed E-state index contributed by atoms with van der Waals surface area (Å²) in [5, 5.41) is 3.64. The van der Waals surface area contributed by atoms with E-state index in [1.807, 2.05) is 32.9 Å². The zero-order chi connectivity index (χ0) is 52.2. The molecule has 1 radical (unpaired) electrons. The van der Waals surface area contributed by atoms with Crippen LogP contribution < -0.4 is 5.19 Å². The molecule has 0 aliphatic rings. The van der Waals surface area contributed by atoms with Gasteiger partial charge in [0.15, 0.2) is 0 Å². The van der Waals surface area contributed by atoms with Crippen LogP contribution in [0.25, 0.3) is 83.6 Å². The fourth-order valence-corrected chi connectivity index (χ4v) is 10.1. The molecule has 10 aromatic rings. The molecule has 0 bridgehead atoms. The third-order valence-electron chi connectivity index (χ3n) is 12.4. The molecule has 0 unspecified atom stereocenters. The standard InChI is InChI=1S/C46H43N2OSi.C17H20N.Ir/c1-29(2)39-26-34(32-20-23-35(24-21-32)50(5,6)7)27-40(30(3)4)44(39)48-42-19-12-11-18-41(42)47-46(48)38-17-13-16-37-36-25-22-33(28-43(36)49-45(37)38)31-14-9-8-10-15-31;1-13-5-8-15(9-6-13)16-10-7-14(12-18-16)11-17(2,3)4;/h8-16,18-30H,1-7H3;5-8,10,12H,11H2,1-4H3;/q2*-1;/i;1D3,11D2;. The van der Waals surface area contributed by atoms with E-state index in [0.717, 1.165) is 49.9 Å². The first-order chi connectivity index (χ1) is 34.5. The van der Waals surface area contributed by atoms with Crippen molar-refractivity contribution in [3.63, 3.8) is 0 Å². The second-order valence-electron chi connectivity index (χ2n) is 20.5. The van der Waals surface area contributed by atoms with Crippen LogP contribution in [0, 0.1) is 24.4 Å². The van der Waals surface area contributed by atoms with Gasteiger partial charge in [-0.1, -0.05) is 182 Å². The molecular weight excluding hydrogens is 1040 g/mol. The van der Waals surface area contributed by atoms with E-state index in [0.29, 0.717) is 16.8 Å². The first kappa shape index (κ1) is 42.9. The molecule has 0 amide bonds. The van der Waals surface area contributed by atoms with E-state index in [4.69, 9.17) is 16.3 Å². The Hall–Kier alpha value is -6.17. The van der Waals surface area contributed by atoms with Crippen LogP contribution in [0.3, 0.4) is 0 Å². The maximum absolute atomic E-state index is 8.25. The van der Waals surface area contributed by atoms with E-state index in [2.05, 4.69) is 178 Å². The van der Waals surface area contributed by atoms with Crippen molar-refractivity contribution in [3.8, 4) is 50.6 Å². The molecule has 0 atom stereocenters. The summed E-state index contributed by atoms with van der Waals surface area (Å²) in [7, 11) is -1.40. The summed E-state index contributed by atoms with van der Waals surface area (Å²) in [6.45, 7) is 19.8. The molecule has 7 aromatic carbocycles. The van der Waals surface area contributed by atoms with Gasteiger partial charge in [-0.15, -0.1) is 53.6 Å². The molecule has 6 heteroatoms. The van der Waals surface area contributed by atoms with Gasteiger partial charge in [0, 0.05) is 44.2 Å². The number of aryl methyl sites for hydroxylation is 1. The Morgan fingerprint density at radius 1 is 0.710 bits per heavy atom. The molecule has 351 valence electrons. The van der Waals surface area contributed by atoms with Crippen molar-refractivity contribution in [3.05, 3.63) is 192 Å². The van der Waals surface area contributed by atoms with Crippen LogP contribution in [-0.4, -0.2) is 22.6 Å². The largest absolute Gasteiger partial charge is 0.501 e. The van der Waals surface area contributed by atoms with Crippen molar-refractivity contribution in [1.29, 1.82) is 0 Å². The molecule has 3 heterocycles. The van der Waals surface area contributed by atoms with E-state index in [-0.39, 0.29) is 37.5 Å². The molecule has 0 aliphatic heterocycles. The molecule has 0 aliphatic carbocycles. The fraction of sp³-hybridized carbons (Fsp3) is 0.238. The topological polar surface area (TPSA) is 43.9 Å². The maximum atomic E-state index is 8.25. The van der Waals surface area contributed by atoms with Crippen molar-refractivity contribution >= 4 is 46.2 Å². The molecule has 0 N–H and O–H groups in total. The Balaban J connectivity index is 0.000000256. The molecule has 4 nitrogen and oxygen atoms in total. The average molecular weight is 1100 g/mol. The summed E-state index contributed by atoms with van der Waals surface area (Å²) in [5.74, 6) is 1.40. The predicted molar refractivity (Wildman–Crippen MR) is 291 cm³/mol. The van der Waals surface area contributed by atoms with Gasteiger partial charge >= 0.3 is 0 Å². The number of hydrogen-bond acceptors (Lipinski definition) is 3. The van der Waals surface area contributed by atoms with Crippen molar-refractivity contribution in [2.24, 2.45) is 5.41 Å².